The minimum absolute atomic E-state index is 0.0318. The van der Waals surface area contributed by atoms with Crippen LogP contribution in [0.1, 0.15) is 57.9 Å². The number of para-hydroxylation sites is 1. The van der Waals surface area contributed by atoms with Crippen LogP contribution in [0.4, 0.5) is 0 Å². The molecule has 3 unspecified atom stereocenters. The fourth-order valence-corrected chi connectivity index (χ4v) is 5.35. The third kappa shape index (κ3) is 3.04. The number of benzene rings is 1. The number of aromatic amines is 1. The van der Waals surface area contributed by atoms with E-state index in [1.165, 1.54) is 25.7 Å². The zero-order valence-corrected chi connectivity index (χ0v) is 16.4. The maximum absolute atomic E-state index is 13.6. The van der Waals surface area contributed by atoms with Gasteiger partial charge in [-0.2, -0.15) is 5.26 Å². The highest BCUT2D eigenvalue weighted by atomic mass is 16.2. The third-order valence-electron chi connectivity index (χ3n) is 6.91. The van der Waals surface area contributed by atoms with E-state index in [4.69, 9.17) is 0 Å². The van der Waals surface area contributed by atoms with Gasteiger partial charge in [0.1, 0.15) is 5.92 Å². The van der Waals surface area contributed by atoms with Gasteiger partial charge in [0.05, 0.1) is 6.07 Å². The van der Waals surface area contributed by atoms with Crippen molar-refractivity contribution in [2.45, 2.75) is 63.8 Å². The molecule has 1 N–H and O–H groups in total. The van der Waals surface area contributed by atoms with E-state index in [1.54, 1.807) is 0 Å². The quantitative estimate of drug-likeness (QED) is 0.854. The molecule has 0 bridgehead atoms. The summed E-state index contributed by atoms with van der Waals surface area (Å²) in [5, 5.41) is 11.1. The highest BCUT2D eigenvalue weighted by Crippen LogP contribution is 2.40. The van der Waals surface area contributed by atoms with Crippen molar-refractivity contribution in [3.8, 4) is 6.07 Å². The summed E-state index contributed by atoms with van der Waals surface area (Å²) in [6.07, 6.45) is 9.09. The van der Waals surface area contributed by atoms with Gasteiger partial charge in [0, 0.05) is 35.1 Å². The van der Waals surface area contributed by atoms with Gasteiger partial charge in [0.15, 0.2) is 0 Å². The number of nitrogens with one attached hydrogen (secondary N) is 1. The summed E-state index contributed by atoms with van der Waals surface area (Å²) >= 11 is 0. The van der Waals surface area contributed by atoms with Crippen LogP contribution >= 0.6 is 0 Å². The van der Waals surface area contributed by atoms with Crippen LogP contribution in [0.5, 0.6) is 0 Å². The fraction of sp³-hybridized carbons (Fsp3) is 0.565. The van der Waals surface area contributed by atoms with Crippen LogP contribution in [0.25, 0.3) is 10.9 Å². The molecule has 2 heterocycles. The van der Waals surface area contributed by atoms with Crippen molar-refractivity contribution in [1.82, 2.24) is 9.88 Å². The molecule has 2 aromatic rings. The van der Waals surface area contributed by atoms with E-state index in [0.717, 1.165) is 35.9 Å². The largest absolute Gasteiger partial charge is 0.361 e. The molecule has 1 saturated carbocycles. The topological polar surface area (TPSA) is 59.9 Å². The van der Waals surface area contributed by atoms with Crippen LogP contribution in [0, 0.1) is 23.2 Å². The molecule has 2 fully saturated rings. The number of nitrogens with zero attached hydrogens (tertiary/aromatic N) is 2. The number of carbonyl (C=O) groups is 1. The first-order chi connectivity index (χ1) is 13.0. The maximum Gasteiger partial charge on any atom is 0.241 e. The number of hydrogen-bond donors (Lipinski definition) is 1. The Hall–Kier alpha value is -2.28. The van der Waals surface area contributed by atoms with Crippen molar-refractivity contribution in [2.24, 2.45) is 11.8 Å². The summed E-state index contributed by atoms with van der Waals surface area (Å²) in [6, 6.07) is 10.8. The fourth-order valence-electron chi connectivity index (χ4n) is 5.35. The Morgan fingerprint density at radius 1 is 1.22 bits per heavy atom. The Bertz CT molecular complexity index is 873. The number of rotatable bonds is 3. The molecule has 1 aromatic heterocycles. The Balaban J connectivity index is 1.66. The van der Waals surface area contributed by atoms with Gasteiger partial charge in [-0.1, -0.05) is 44.9 Å². The molecule has 4 rings (SSSR count). The van der Waals surface area contributed by atoms with Crippen LogP contribution in [0.2, 0.25) is 0 Å². The molecule has 0 spiro atoms. The molecular formula is C23H29N3O. The Morgan fingerprint density at radius 2 is 1.96 bits per heavy atom. The minimum atomic E-state index is -0.669. The Kier molecular flexibility index (Phi) is 4.72. The highest BCUT2D eigenvalue weighted by Gasteiger charge is 2.44. The van der Waals surface area contributed by atoms with Crippen molar-refractivity contribution in [3.05, 3.63) is 36.0 Å². The monoisotopic (exact) mass is 363 g/mol. The van der Waals surface area contributed by atoms with Gasteiger partial charge in [0.2, 0.25) is 5.91 Å². The molecule has 1 saturated heterocycles. The summed E-state index contributed by atoms with van der Waals surface area (Å²) in [6.45, 7) is 4.88. The lowest BCUT2D eigenvalue weighted by molar-refractivity contribution is -0.142. The SMILES string of the molecule is CC(C)(c1c[nH]c2ccccc12)C(C#N)C(=O)N1CCCC2CCCCC21. The number of fused-ring (bicyclic) bond motifs is 2. The summed E-state index contributed by atoms with van der Waals surface area (Å²) in [5.74, 6) is -0.00578. The first-order valence-electron chi connectivity index (χ1n) is 10.3. The zero-order valence-electron chi connectivity index (χ0n) is 16.4. The summed E-state index contributed by atoms with van der Waals surface area (Å²) < 4.78 is 0. The van der Waals surface area contributed by atoms with Gasteiger partial charge < -0.3 is 9.88 Å². The molecule has 2 aliphatic rings. The van der Waals surface area contributed by atoms with E-state index in [-0.39, 0.29) is 5.91 Å². The van der Waals surface area contributed by atoms with Crippen molar-refractivity contribution in [1.29, 1.82) is 5.26 Å². The van der Waals surface area contributed by atoms with Gasteiger partial charge in [-0.15, -0.1) is 0 Å². The second kappa shape index (κ2) is 7.03. The molecule has 1 aliphatic heterocycles. The van der Waals surface area contributed by atoms with Crippen molar-refractivity contribution in [3.63, 3.8) is 0 Å². The van der Waals surface area contributed by atoms with Gasteiger partial charge in [-0.25, -0.2) is 0 Å². The van der Waals surface area contributed by atoms with Gasteiger partial charge in [0.25, 0.3) is 0 Å². The van der Waals surface area contributed by atoms with Crippen molar-refractivity contribution < 1.29 is 4.79 Å². The van der Waals surface area contributed by atoms with E-state index in [0.29, 0.717) is 12.0 Å². The number of nitriles is 1. The van der Waals surface area contributed by atoms with Gasteiger partial charge in [-0.05, 0) is 43.2 Å². The number of H-pyrrole nitrogens is 1. The molecule has 4 heteroatoms. The second-order valence-corrected chi connectivity index (χ2v) is 8.82. The van der Waals surface area contributed by atoms with Crippen LogP contribution < -0.4 is 0 Å². The standard InChI is InChI=1S/C23H29N3O/c1-23(2,19-15-25-20-11-5-4-10-17(19)20)18(14-24)22(27)26-13-7-9-16-8-3-6-12-21(16)26/h4-5,10-11,15-16,18,21,25H,3,6-9,12-13H2,1-2H3. The average molecular weight is 364 g/mol. The second-order valence-electron chi connectivity index (χ2n) is 8.82. The van der Waals surface area contributed by atoms with Crippen molar-refractivity contribution >= 4 is 16.8 Å². The number of carbonyl (C=O) groups excluding carboxylic acids is 1. The molecule has 27 heavy (non-hydrogen) atoms. The zero-order chi connectivity index (χ0) is 19.0. The normalized spacial score (nSPS) is 24.3. The van der Waals surface area contributed by atoms with E-state index in [1.807, 2.05) is 38.2 Å². The molecule has 0 radical (unpaired) electrons. The third-order valence-corrected chi connectivity index (χ3v) is 6.91. The highest BCUT2D eigenvalue weighted by molar-refractivity contribution is 5.88. The molecule has 142 valence electrons. The van der Waals surface area contributed by atoms with E-state index in [2.05, 4.69) is 22.0 Å². The van der Waals surface area contributed by atoms with E-state index < -0.39 is 11.3 Å². The maximum atomic E-state index is 13.6. The summed E-state index contributed by atoms with van der Waals surface area (Å²) in [7, 11) is 0. The van der Waals surface area contributed by atoms with Crippen LogP contribution in [0.3, 0.4) is 0 Å². The van der Waals surface area contributed by atoms with Crippen LogP contribution in [-0.2, 0) is 10.2 Å². The molecule has 1 aromatic carbocycles. The minimum Gasteiger partial charge on any atom is -0.361 e. The predicted octanol–water partition coefficient (Wildman–Crippen LogP) is 4.77. The number of hydrogen-bond acceptors (Lipinski definition) is 2. The van der Waals surface area contributed by atoms with Crippen LogP contribution in [-0.4, -0.2) is 28.4 Å². The smallest absolute Gasteiger partial charge is 0.241 e. The lowest BCUT2D eigenvalue weighted by Crippen LogP contribution is -2.53. The number of amides is 1. The Labute approximate surface area is 161 Å². The van der Waals surface area contributed by atoms with E-state index in [9.17, 15) is 10.1 Å². The van der Waals surface area contributed by atoms with Gasteiger partial charge in [-0.3, -0.25) is 4.79 Å². The van der Waals surface area contributed by atoms with Gasteiger partial charge >= 0.3 is 0 Å². The molecule has 3 atom stereocenters. The lowest BCUT2D eigenvalue weighted by Gasteiger charge is -2.46. The summed E-state index contributed by atoms with van der Waals surface area (Å²) in [4.78, 5) is 18.9. The predicted molar refractivity (Wildman–Crippen MR) is 107 cm³/mol. The molecule has 1 amide bonds. The lowest BCUT2D eigenvalue weighted by atomic mass is 9.72. The van der Waals surface area contributed by atoms with Crippen molar-refractivity contribution in [2.75, 3.05) is 6.54 Å². The van der Waals surface area contributed by atoms with E-state index >= 15 is 0 Å². The number of aromatic nitrogens is 1. The molecule has 1 aliphatic carbocycles. The Morgan fingerprint density at radius 3 is 2.78 bits per heavy atom. The first kappa shape index (κ1) is 18.1. The molecule has 4 nitrogen and oxygen atoms in total. The number of likely N-dealkylation sites (tertiary alicyclic amines) is 1. The van der Waals surface area contributed by atoms with Crippen LogP contribution in [0.15, 0.2) is 30.5 Å². The number of piperidine rings is 1. The summed E-state index contributed by atoms with van der Waals surface area (Å²) in [5.41, 5.74) is 1.55. The average Bonchev–Trinajstić information content (AvgIpc) is 3.13. The first-order valence-corrected chi connectivity index (χ1v) is 10.3. The molecular weight excluding hydrogens is 334 g/mol.